The summed E-state index contributed by atoms with van der Waals surface area (Å²) in [6.45, 7) is 0. The minimum Gasteiger partial charge on any atom is -0.497 e. The molecule has 0 fully saturated rings. The van der Waals surface area contributed by atoms with Crippen LogP contribution < -0.4 is 20.7 Å². The summed E-state index contributed by atoms with van der Waals surface area (Å²) < 4.78 is 61.9. The molecule has 1 aliphatic heterocycles. The van der Waals surface area contributed by atoms with Gasteiger partial charge >= 0.3 is 0 Å². The Bertz CT molecular complexity index is 1010. The minimum atomic E-state index is -1.67. The van der Waals surface area contributed by atoms with Crippen molar-refractivity contribution in [1.82, 2.24) is 10.2 Å². The van der Waals surface area contributed by atoms with Crippen LogP contribution in [0.15, 0.2) is 40.5 Å². The van der Waals surface area contributed by atoms with Gasteiger partial charge in [-0.3, -0.25) is 0 Å². The minimum absolute atomic E-state index is 0.163. The van der Waals surface area contributed by atoms with Crippen LogP contribution in [0.5, 0.6) is 5.75 Å². The number of rotatable bonds is 8. The second-order valence-electron chi connectivity index (χ2n) is 6.78. The molecule has 4 N–H and O–H groups in total. The SMILES string of the molecule is COc1ccc(C(CCCc2c(F)c(F)c(N=[N+]=N)c(F)c2F)C2=CSC(N)N2)cc1. The second kappa shape index (κ2) is 9.95. The predicted octanol–water partition coefficient (Wildman–Crippen LogP) is 4.96. The summed E-state index contributed by atoms with van der Waals surface area (Å²) in [5.41, 5.74) is 12.0. The van der Waals surface area contributed by atoms with Gasteiger partial charge in [0.1, 0.15) is 16.8 Å². The summed E-state index contributed by atoms with van der Waals surface area (Å²) in [6, 6.07) is 7.35. The molecule has 0 saturated heterocycles. The van der Waals surface area contributed by atoms with E-state index >= 15 is 0 Å². The van der Waals surface area contributed by atoms with E-state index in [9.17, 15) is 17.6 Å². The van der Waals surface area contributed by atoms with E-state index in [1.165, 1.54) is 11.8 Å². The van der Waals surface area contributed by atoms with Crippen molar-refractivity contribution in [3.8, 4) is 5.75 Å². The molecule has 0 spiro atoms. The quantitative estimate of drug-likeness (QED) is 0.227. The van der Waals surface area contributed by atoms with E-state index in [1.807, 2.05) is 17.5 Å². The van der Waals surface area contributed by atoms with Gasteiger partial charge in [-0.15, -0.1) is 0 Å². The second-order valence-corrected chi connectivity index (χ2v) is 7.79. The number of halogens is 4. The summed E-state index contributed by atoms with van der Waals surface area (Å²) in [7, 11) is 1.56. The first-order valence-electron chi connectivity index (χ1n) is 9.31. The van der Waals surface area contributed by atoms with Gasteiger partial charge in [0, 0.05) is 17.2 Å². The van der Waals surface area contributed by atoms with Crippen LogP contribution in [0.25, 0.3) is 0 Å². The molecule has 0 aromatic heterocycles. The van der Waals surface area contributed by atoms with Gasteiger partial charge in [0.05, 0.1) is 7.11 Å². The largest absolute Gasteiger partial charge is 0.497 e. The van der Waals surface area contributed by atoms with Crippen molar-refractivity contribution in [2.75, 3.05) is 7.11 Å². The highest BCUT2D eigenvalue weighted by Crippen LogP contribution is 2.36. The number of thioether (sulfide) groups is 1. The van der Waals surface area contributed by atoms with Crippen molar-refractivity contribution in [1.29, 1.82) is 5.53 Å². The first kappa shape index (κ1) is 22.8. The Hall–Kier alpha value is -2.88. The molecule has 1 heterocycles. The zero-order valence-corrected chi connectivity index (χ0v) is 17.3. The summed E-state index contributed by atoms with van der Waals surface area (Å²) in [6.07, 6.45) is 0.444. The third kappa shape index (κ3) is 4.90. The van der Waals surface area contributed by atoms with E-state index in [0.29, 0.717) is 12.2 Å². The highest BCUT2D eigenvalue weighted by Gasteiger charge is 2.28. The molecule has 1 aliphatic rings. The van der Waals surface area contributed by atoms with E-state index in [-0.39, 0.29) is 24.3 Å². The third-order valence-electron chi connectivity index (χ3n) is 4.94. The molecule has 2 atom stereocenters. The summed E-state index contributed by atoms with van der Waals surface area (Å²) in [5.74, 6) is -5.87. The van der Waals surface area contributed by atoms with E-state index < -0.39 is 34.5 Å². The molecule has 0 bridgehead atoms. The fourth-order valence-electron chi connectivity index (χ4n) is 3.41. The molecule has 0 amide bonds. The average molecular weight is 454 g/mol. The lowest BCUT2D eigenvalue weighted by atomic mass is 9.90. The van der Waals surface area contributed by atoms with Crippen LogP contribution in [0, 0.1) is 28.8 Å². The average Bonchev–Trinajstić information content (AvgIpc) is 3.21. The van der Waals surface area contributed by atoms with Gasteiger partial charge in [0.15, 0.2) is 28.4 Å². The Balaban J connectivity index is 1.82. The van der Waals surface area contributed by atoms with Crippen LogP contribution in [-0.4, -0.2) is 12.6 Å². The lowest BCUT2D eigenvalue weighted by Gasteiger charge is -2.21. The predicted molar refractivity (Wildman–Crippen MR) is 109 cm³/mol. The molecule has 2 aromatic carbocycles. The fourth-order valence-corrected chi connectivity index (χ4v) is 4.14. The number of nitrogens with zero attached hydrogens (tertiary/aromatic N) is 2. The highest BCUT2D eigenvalue weighted by atomic mass is 32.2. The van der Waals surface area contributed by atoms with Crippen molar-refractivity contribution in [3.63, 3.8) is 0 Å². The smallest absolute Gasteiger partial charge is 0.229 e. The molecule has 6 nitrogen and oxygen atoms in total. The van der Waals surface area contributed by atoms with Crippen molar-refractivity contribution < 1.29 is 22.3 Å². The van der Waals surface area contributed by atoms with E-state index in [2.05, 4.69) is 15.3 Å². The van der Waals surface area contributed by atoms with Crippen molar-refractivity contribution in [3.05, 3.63) is 69.8 Å². The number of hydrogen-bond acceptors (Lipinski definition) is 6. The highest BCUT2D eigenvalue weighted by molar-refractivity contribution is 8.02. The van der Waals surface area contributed by atoms with E-state index in [4.69, 9.17) is 16.0 Å². The maximum absolute atomic E-state index is 14.3. The first-order chi connectivity index (χ1) is 14.9. The van der Waals surface area contributed by atoms with Crippen LogP contribution >= 0.6 is 11.8 Å². The lowest BCUT2D eigenvalue weighted by Crippen LogP contribution is -2.31. The third-order valence-corrected chi connectivity index (χ3v) is 5.75. The molecule has 0 aliphatic carbocycles. The number of nitrogens with two attached hydrogens (primary N) is 1. The first-order valence-corrected chi connectivity index (χ1v) is 10.3. The van der Waals surface area contributed by atoms with Gasteiger partial charge in [0.2, 0.25) is 10.6 Å². The van der Waals surface area contributed by atoms with Crippen LogP contribution in [0.4, 0.5) is 23.2 Å². The molecular weight excluding hydrogens is 434 g/mol. The number of nitrogens with one attached hydrogen (secondary N) is 2. The summed E-state index contributed by atoms with van der Waals surface area (Å²) in [4.78, 5) is 2.45. The molecule has 11 heteroatoms. The zero-order chi connectivity index (χ0) is 22.5. The molecule has 2 unspecified atom stereocenters. The number of methoxy groups -OCH3 is 1. The lowest BCUT2D eigenvalue weighted by molar-refractivity contribution is 0.414. The Labute approximate surface area is 180 Å². The fraction of sp³-hybridized carbons (Fsp3) is 0.300. The molecule has 0 saturated carbocycles. The molecule has 31 heavy (non-hydrogen) atoms. The van der Waals surface area contributed by atoms with Crippen molar-refractivity contribution >= 4 is 17.4 Å². The summed E-state index contributed by atoms with van der Waals surface area (Å²) >= 11 is 1.41. The number of benzene rings is 2. The Morgan fingerprint density at radius 2 is 1.81 bits per heavy atom. The Morgan fingerprint density at radius 1 is 1.16 bits per heavy atom. The van der Waals surface area contributed by atoms with Gasteiger partial charge in [-0.25, -0.2) is 17.6 Å². The van der Waals surface area contributed by atoms with Crippen LogP contribution in [0.1, 0.15) is 29.9 Å². The monoisotopic (exact) mass is 454 g/mol. The van der Waals surface area contributed by atoms with Gasteiger partial charge < -0.3 is 15.8 Å². The molecule has 0 radical (unpaired) electrons. The Kier molecular flexibility index (Phi) is 7.32. The zero-order valence-electron chi connectivity index (χ0n) is 16.5. The van der Waals surface area contributed by atoms with Crippen LogP contribution in [0.3, 0.4) is 0 Å². The number of ether oxygens (including phenoxy) is 1. The van der Waals surface area contributed by atoms with E-state index in [1.54, 1.807) is 19.2 Å². The van der Waals surface area contributed by atoms with Crippen LogP contribution in [-0.2, 0) is 6.42 Å². The van der Waals surface area contributed by atoms with Crippen molar-refractivity contribution in [2.24, 2.45) is 10.8 Å². The topological polar surface area (TPSA) is 97.6 Å². The van der Waals surface area contributed by atoms with Gasteiger partial charge in [-0.05, 0) is 42.4 Å². The maximum Gasteiger partial charge on any atom is 0.229 e. The molecule has 2 aromatic rings. The van der Waals surface area contributed by atoms with Gasteiger partial charge in [0.25, 0.3) is 0 Å². The molecular formula is C20H20F4N5OS+. The number of allylic oxidation sites excluding steroid dienone is 1. The van der Waals surface area contributed by atoms with E-state index in [0.717, 1.165) is 11.3 Å². The molecule has 164 valence electrons. The number of hydrogen-bond donors (Lipinski definition) is 3. The van der Waals surface area contributed by atoms with Crippen LogP contribution in [0.2, 0.25) is 0 Å². The maximum atomic E-state index is 14.3. The standard InChI is InChI=1S/C20H20F4N5OS/c1-30-11-7-5-10(6-8-11)12(14-9-31-20(25)27-14)3-2-4-13-15(21)17(23)19(28-29-26)18(24)16(13)22/h5-9,12,20,26-27H,2-4,25H2,1H3/q+1. The summed E-state index contributed by atoms with van der Waals surface area (Å²) in [5, 5.41) is 7.86. The molecule has 3 rings (SSSR count). The van der Waals surface area contributed by atoms with Gasteiger partial charge in [-0.2, -0.15) is 0 Å². The van der Waals surface area contributed by atoms with Gasteiger partial charge in [-0.1, -0.05) is 23.9 Å². The Morgan fingerprint density at radius 3 is 2.32 bits per heavy atom. The normalized spacial score (nSPS) is 16.3. The van der Waals surface area contributed by atoms with Crippen molar-refractivity contribution in [2.45, 2.75) is 30.7 Å².